The number of hydrogen-bond acceptors (Lipinski definition) is 1. The molecule has 0 aliphatic carbocycles. The quantitative estimate of drug-likeness (QED) is 0.716. The van der Waals surface area contributed by atoms with Gasteiger partial charge < -0.3 is 5.32 Å². The minimum atomic E-state index is 0. The average molecular weight is 357 g/mol. The Morgan fingerprint density at radius 2 is 1.90 bits per heavy atom. The minimum absolute atomic E-state index is 0. The summed E-state index contributed by atoms with van der Waals surface area (Å²) in [6, 6.07) is 7.35. The monoisotopic (exact) mass is 355 g/mol. The highest BCUT2D eigenvalue weighted by atomic mass is 79.9. The van der Waals surface area contributed by atoms with Gasteiger partial charge in [-0.2, -0.15) is 0 Å². The van der Waals surface area contributed by atoms with Crippen LogP contribution in [-0.2, 0) is 6.42 Å². The second kappa shape index (κ2) is 7.44. The van der Waals surface area contributed by atoms with Crippen molar-refractivity contribution in [2.24, 2.45) is 0 Å². The van der Waals surface area contributed by atoms with E-state index < -0.39 is 0 Å². The predicted molar refractivity (Wildman–Crippen MR) is 93.6 cm³/mol. The molecule has 2 atom stereocenters. The molecular weight excluding hydrogens is 334 g/mol. The molecule has 0 spiro atoms. The zero-order valence-electron chi connectivity index (χ0n) is 12.2. The predicted octanol–water partition coefficient (Wildman–Crippen LogP) is 5.36. The molecule has 1 aliphatic rings. The van der Waals surface area contributed by atoms with Crippen LogP contribution in [-0.4, -0.2) is 6.04 Å². The molecular formula is C17H23BrClN. The summed E-state index contributed by atoms with van der Waals surface area (Å²) in [6.45, 7) is 12.3. The largest absolute Gasteiger partial charge is 0.306 e. The van der Waals surface area contributed by atoms with E-state index in [0.717, 1.165) is 19.3 Å². The van der Waals surface area contributed by atoms with Crippen LogP contribution in [0.1, 0.15) is 43.9 Å². The van der Waals surface area contributed by atoms with E-state index in [9.17, 15) is 0 Å². The smallest absolute Gasteiger partial charge is 0.0363 e. The Morgan fingerprint density at radius 3 is 2.50 bits per heavy atom. The van der Waals surface area contributed by atoms with E-state index in [1.54, 1.807) is 0 Å². The summed E-state index contributed by atoms with van der Waals surface area (Å²) in [4.78, 5) is 0. The lowest BCUT2D eigenvalue weighted by Crippen LogP contribution is -2.39. The molecule has 2 rings (SSSR count). The van der Waals surface area contributed by atoms with Crippen LogP contribution in [0.3, 0.4) is 0 Å². The van der Waals surface area contributed by atoms with Gasteiger partial charge in [-0.25, -0.2) is 0 Å². The van der Waals surface area contributed by atoms with Crippen molar-refractivity contribution in [1.29, 1.82) is 0 Å². The number of rotatable bonds is 4. The van der Waals surface area contributed by atoms with E-state index in [2.05, 4.69) is 66.5 Å². The topological polar surface area (TPSA) is 12.0 Å². The van der Waals surface area contributed by atoms with Gasteiger partial charge in [-0.05, 0) is 50.3 Å². The Balaban J connectivity index is 0.00000200. The lowest BCUT2D eigenvalue weighted by Gasteiger charge is -2.34. The first kappa shape index (κ1) is 17.5. The van der Waals surface area contributed by atoms with Crippen LogP contribution in [0.2, 0.25) is 0 Å². The zero-order valence-corrected chi connectivity index (χ0v) is 14.6. The van der Waals surface area contributed by atoms with Gasteiger partial charge in [0.1, 0.15) is 0 Å². The zero-order chi connectivity index (χ0) is 14.0. The fraction of sp³-hybridized carbons (Fsp3) is 0.412. The van der Waals surface area contributed by atoms with Crippen LogP contribution in [0.15, 0.2) is 47.0 Å². The number of hydrogen-bond donors (Lipinski definition) is 1. The summed E-state index contributed by atoms with van der Waals surface area (Å²) in [7, 11) is 0. The maximum atomic E-state index is 4.06. The summed E-state index contributed by atoms with van der Waals surface area (Å²) in [5.74, 6) is 0. The maximum Gasteiger partial charge on any atom is 0.0363 e. The number of benzene rings is 1. The van der Waals surface area contributed by atoms with Gasteiger partial charge in [0, 0.05) is 16.6 Å². The van der Waals surface area contributed by atoms with Gasteiger partial charge in [-0.15, -0.1) is 25.6 Å². The molecule has 20 heavy (non-hydrogen) atoms. The number of fused-ring (bicyclic) bond motifs is 1. The third kappa shape index (κ3) is 4.21. The van der Waals surface area contributed by atoms with E-state index in [1.165, 1.54) is 26.7 Å². The van der Waals surface area contributed by atoms with Crippen molar-refractivity contribution in [1.82, 2.24) is 5.32 Å². The molecule has 0 unspecified atom stereocenters. The molecule has 0 saturated heterocycles. The second-order valence-corrected chi connectivity index (χ2v) is 6.60. The highest BCUT2D eigenvalue weighted by Gasteiger charge is 2.27. The van der Waals surface area contributed by atoms with Crippen LogP contribution < -0.4 is 5.32 Å². The maximum absolute atomic E-state index is 4.06. The van der Waals surface area contributed by atoms with E-state index in [0.29, 0.717) is 12.1 Å². The summed E-state index contributed by atoms with van der Waals surface area (Å²) in [6.07, 6.45) is 3.10. The van der Waals surface area contributed by atoms with Gasteiger partial charge >= 0.3 is 0 Å². The van der Waals surface area contributed by atoms with Crippen molar-refractivity contribution in [2.75, 3.05) is 0 Å². The Hall–Kier alpha value is -0.570. The van der Waals surface area contributed by atoms with E-state index >= 15 is 0 Å². The third-order valence-corrected chi connectivity index (χ3v) is 4.31. The van der Waals surface area contributed by atoms with Gasteiger partial charge in [0.15, 0.2) is 0 Å². The lowest BCUT2D eigenvalue weighted by atomic mass is 9.86. The van der Waals surface area contributed by atoms with Crippen LogP contribution >= 0.6 is 28.3 Å². The van der Waals surface area contributed by atoms with Crippen molar-refractivity contribution in [3.63, 3.8) is 0 Å². The van der Waals surface area contributed by atoms with Gasteiger partial charge in [0.05, 0.1) is 0 Å². The Labute approximate surface area is 137 Å². The molecule has 1 N–H and O–H groups in total. The highest BCUT2D eigenvalue weighted by Crippen LogP contribution is 2.34. The van der Waals surface area contributed by atoms with Crippen LogP contribution in [0.25, 0.3) is 0 Å². The molecule has 1 nitrogen and oxygen atoms in total. The van der Waals surface area contributed by atoms with E-state index in [-0.39, 0.29) is 12.4 Å². The van der Waals surface area contributed by atoms with Gasteiger partial charge in [-0.1, -0.05) is 39.2 Å². The molecule has 0 radical (unpaired) electrons. The van der Waals surface area contributed by atoms with Crippen molar-refractivity contribution >= 4 is 28.3 Å². The Kier molecular flexibility index (Phi) is 6.50. The van der Waals surface area contributed by atoms with Crippen LogP contribution in [0, 0.1) is 0 Å². The van der Waals surface area contributed by atoms with Gasteiger partial charge in [-0.3, -0.25) is 0 Å². The second-order valence-electron chi connectivity index (χ2n) is 5.75. The highest BCUT2D eigenvalue weighted by molar-refractivity contribution is 9.10. The molecule has 1 heterocycles. The molecule has 1 aliphatic heterocycles. The average Bonchev–Trinajstić information content (AvgIpc) is 2.29. The minimum Gasteiger partial charge on any atom is -0.306 e. The van der Waals surface area contributed by atoms with E-state index in [4.69, 9.17) is 0 Å². The number of nitrogens with one attached hydrogen (secondary N) is 1. The molecule has 0 amide bonds. The molecule has 1 aromatic rings. The fourth-order valence-corrected chi connectivity index (χ4v) is 3.41. The third-order valence-electron chi connectivity index (χ3n) is 3.57. The summed E-state index contributed by atoms with van der Waals surface area (Å²) >= 11 is 3.70. The summed E-state index contributed by atoms with van der Waals surface area (Å²) < 4.78 is 1.23. The summed E-state index contributed by atoms with van der Waals surface area (Å²) in [5, 5.41) is 3.76. The van der Waals surface area contributed by atoms with Gasteiger partial charge in [0.2, 0.25) is 0 Å². The molecule has 1 aromatic carbocycles. The van der Waals surface area contributed by atoms with Crippen molar-refractivity contribution in [3.05, 3.63) is 58.1 Å². The molecule has 110 valence electrons. The standard InChI is InChI=1S/C17H22BrN.ClH/c1-11(2)8-13-10-15-14(6-5-7-16(15)18)17(19-13)9-12(3)4;/h5-7,13,17,19H,1,3,8-10H2,2,4H3;1H/t13-,17+;/m1./s1. The van der Waals surface area contributed by atoms with Crippen LogP contribution in [0.5, 0.6) is 0 Å². The Bertz CT molecular complexity index is 510. The Morgan fingerprint density at radius 1 is 1.25 bits per heavy atom. The first-order valence-electron chi connectivity index (χ1n) is 6.79. The van der Waals surface area contributed by atoms with Gasteiger partial charge in [0.25, 0.3) is 0 Å². The lowest BCUT2D eigenvalue weighted by molar-refractivity contribution is 0.396. The molecule has 3 heteroatoms. The molecule has 0 aromatic heterocycles. The van der Waals surface area contributed by atoms with Crippen molar-refractivity contribution in [2.45, 2.75) is 45.2 Å². The summed E-state index contributed by atoms with van der Waals surface area (Å²) in [5.41, 5.74) is 5.32. The number of halogens is 2. The first-order chi connectivity index (χ1) is 8.97. The SMILES string of the molecule is C=C(C)C[C@@H]1Cc2c(Br)cccc2[C@H](CC(=C)C)N1.Cl. The molecule has 0 saturated carbocycles. The van der Waals surface area contributed by atoms with E-state index in [1.807, 2.05) is 0 Å². The molecule has 0 fully saturated rings. The molecule has 0 bridgehead atoms. The first-order valence-corrected chi connectivity index (χ1v) is 7.58. The van der Waals surface area contributed by atoms with Crippen molar-refractivity contribution in [3.8, 4) is 0 Å². The normalized spacial score (nSPS) is 20.8. The van der Waals surface area contributed by atoms with Crippen molar-refractivity contribution < 1.29 is 0 Å². The van der Waals surface area contributed by atoms with Crippen LogP contribution in [0.4, 0.5) is 0 Å². The fourth-order valence-electron chi connectivity index (χ4n) is 2.87.